The van der Waals surface area contributed by atoms with Crippen LogP contribution in [0.25, 0.3) is 0 Å². The maximum absolute atomic E-state index is 12.5. The Morgan fingerprint density at radius 3 is 2.30 bits per heavy atom. The largest absolute Gasteiger partial charge is 0.482 e. The predicted octanol–water partition coefficient (Wildman–Crippen LogP) is 6.10. The number of carbonyl (C=O) groups is 2. The fourth-order valence-electron chi connectivity index (χ4n) is 2.87. The third-order valence-electron chi connectivity index (χ3n) is 4.23. The van der Waals surface area contributed by atoms with Gasteiger partial charge in [0.15, 0.2) is 6.61 Å². The van der Waals surface area contributed by atoms with Crippen molar-refractivity contribution < 1.29 is 14.3 Å². The van der Waals surface area contributed by atoms with E-state index in [-0.39, 0.29) is 18.4 Å². The number of ether oxygens (including phenoxy) is 1. The summed E-state index contributed by atoms with van der Waals surface area (Å²) in [5, 5.41) is 5.62. The molecule has 0 saturated heterocycles. The maximum Gasteiger partial charge on any atom is 0.262 e. The van der Waals surface area contributed by atoms with E-state index < -0.39 is 0 Å². The van der Waals surface area contributed by atoms with Crippen LogP contribution in [0.1, 0.15) is 21.5 Å². The van der Waals surface area contributed by atoms with Crippen molar-refractivity contribution in [1.82, 2.24) is 0 Å². The number of hydrogen-bond acceptors (Lipinski definition) is 3. The lowest BCUT2D eigenvalue weighted by molar-refractivity contribution is -0.118. The Morgan fingerprint density at radius 2 is 1.60 bits per heavy atom. The second kappa shape index (κ2) is 9.91. The van der Waals surface area contributed by atoms with Crippen LogP contribution in [0.4, 0.5) is 11.4 Å². The smallest absolute Gasteiger partial charge is 0.262 e. The number of nitrogens with one attached hydrogen (secondary N) is 2. The lowest BCUT2D eigenvalue weighted by atomic mass is 10.1. The van der Waals surface area contributed by atoms with E-state index in [1.165, 1.54) is 0 Å². The van der Waals surface area contributed by atoms with Gasteiger partial charge >= 0.3 is 0 Å². The first-order valence-corrected chi connectivity index (χ1v) is 10.8. The Hall–Kier alpha value is -2.64. The Bertz CT molecular complexity index is 1080. The van der Waals surface area contributed by atoms with E-state index in [9.17, 15) is 9.59 Å². The summed E-state index contributed by atoms with van der Waals surface area (Å²) < 4.78 is 7.35. The number of carbonyl (C=O) groups excluding carboxylic acids is 2. The molecular formula is C23H20Br2N2O3. The normalized spacial score (nSPS) is 10.4. The molecule has 0 aliphatic rings. The molecule has 0 spiro atoms. The standard InChI is InChI=1S/C23H20Br2N2O3/c1-14-5-3-7-18(9-14)27-23(29)16-6-4-8-19(11-16)26-21(28)13-30-22-15(2)10-17(24)12-20(22)25/h3-12H,13H2,1-2H3,(H,26,28)(H,27,29). The molecule has 3 aromatic carbocycles. The summed E-state index contributed by atoms with van der Waals surface area (Å²) in [6.07, 6.45) is 0. The second-order valence-corrected chi connectivity index (χ2v) is 8.54. The molecular weight excluding hydrogens is 512 g/mol. The molecule has 3 aromatic rings. The molecule has 0 unspecified atom stereocenters. The summed E-state index contributed by atoms with van der Waals surface area (Å²) in [5.41, 5.74) is 3.65. The third kappa shape index (κ3) is 5.93. The van der Waals surface area contributed by atoms with Crippen LogP contribution < -0.4 is 15.4 Å². The highest BCUT2D eigenvalue weighted by atomic mass is 79.9. The first kappa shape index (κ1) is 22.1. The molecule has 0 fully saturated rings. The monoisotopic (exact) mass is 530 g/mol. The lowest BCUT2D eigenvalue weighted by Gasteiger charge is -2.12. The summed E-state index contributed by atoms with van der Waals surface area (Å²) in [6.45, 7) is 3.71. The van der Waals surface area contributed by atoms with Crippen LogP contribution in [0.3, 0.4) is 0 Å². The molecule has 7 heteroatoms. The van der Waals surface area contributed by atoms with Crippen LogP contribution in [0.5, 0.6) is 5.75 Å². The quantitative estimate of drug-likeness (QED) is 0.404. The number of halogens is 2. The van der Waals surface area contributed by atoms with Crippen LogP contribution in [0.2, 0.25) is 0 Å². The Morgan fingerprint density at radius 1 is 0.900 bits per heavy atom. The highest BCUT2D eigenvalue weighted by molar-refractivity contribution is 9.11. The van der Waals surface area contributed by atoms with Crippen molar-refractivity contribution in [3.63, 3.8) is 0 Å². The van der Waals surface area contributed by atoms with E-state index >= 15 is 0 Å². The van der Waals surface area contributed by atoms with E-state index in [4.69, 9.17) is 4.74 Å². The van der Waals surface area contributed by atoms with E-state index in [0.29, 0.717) is 17.0 Å². The molecule has 0 heterocycles. The van der Waals surface area contributed by atoms with Gasteiger partial charge in [-0.1, -0.05) is 34.1 Å². The van der Waals surface area contributed by atoms with Gasteiger partial charge in [0.2, 0.25) is 0 Å². The average molecular weight is 532 g/mol. The van der Waals surface area contributed by atoms with Gasteiger partial charge in [-0.05, 0) is 83.4 Å². The van der Waals surface area contributed by atoms with Crippen molar-refractivity contribution in [2.75, 3.05) is 17.2 Å². The minimum absolute atomic E-state index is 0.152. The van der Waals surface area contributed by atoms with Gasteiger partial charge in [-0.3, -0.25) is 9.59 Å². The van der Waals surface area contributed by atoms with Gasteiger partial charge in [-0.2, -0.15) is 0 Å². The van der Waals surface area contributed by atoms with Gasteiger partial charge in [-0.25, -0.2) is 0 Å². The van der Waals surface area contributed by atoms with Crippen LogP contribution in [-0.4, -0.2) is 18.4 Å². The molecule has 0 saturated carbocycles. The summed E-state index contributed by atoms with van der Waals surface area (Å²) in [6, 6.07) is 18.1. The van der Waals surface area contributed by atoms with Crippen molar-refractivity contribution in [3.8, 4) is 5.75 Å². The zero-order valence-electron chi connectivity index (χ0n) is 16.5. The van der Waals surface area contributed by atoms with E-state index in [2.05, 4.69) is 42.5 Å². The van der Waals surface area contributed by atoms with Crippen LogP contribution in [0.15, 0.2) is 69.6 Å². The average Bonchev–Trinajstić information content (AvgIpc) is 2.67. The summed E-state index contributed by atoms with van der Waals surface area (Å²) >= 11 is 6.86. The molecule has 0 aliphatic carbocycles. The van der Waals surface area contributed by atoms with Crippen molar-refractivity contribution in [1.29, 1.82) is 0 Å². The van der Waals surface area contributed by atoms with Crippen LogP contribution >= 0.6 is 31.9 Å². The van der Waals surface area contributed by atoms with Gasteiger partial charge in [0.1, 0.15) is 5.75 Å². The molecule has 2 N–H and O–H groups in total. The molecule has 0 aliphatic heterocycles. The van der Waals surface area contributed by atoms with Gasteiger partial charge in [-0.15, -0.1) is 0 Å². The van der Waals surface area contributed by atoms with Gasteiger partial charge < -0.3 is 15.4 Å². The number of rotatable bonds is 6. The zero-order chi connectivity index (χ0) is 21.7. The summed E-state index contributed by atoms with van der Waals surface area (Å²) in [7, 11) is 0. The Kier molecular flexibility index (Phi) is 7.29. The fraction of sp³-hybridized carbons (Fsp3) is 0.130. The van der Waals surface area contributed by atoms with E-state index in [1.54, 1.807) is 24.3 Å². The van der Waals surface area contributed by atoms with Crippen molar-refractivity contribution in [2.45, 2.75) is 13.8 Å². The number of hydrogen-bond donors (Lipinski definition) is 2. The van der Waals surface area contributed by atoms with Gasteiger partial charge in [0, 0.05) is 21.4 Å². The SMILES string of the molecule is Cc1cccc(NC(=O)c2cccc(NC(=O)COc3c(C)cc(Br)cc3Br)c2)c1. The Labute approximate surface area is 192 Å². The highest BCUT2D eigenvalue weighted by Crippen LogP contribution is 2.32. The highest BCUT2D eigenvalue weighted by Gasteiger charge is 2.12. The van der Waals surface area contributed by atoms with Crippen LogP contribution in [-0.2, 0) is 4.79 Å². The number of amides is 2. The zero-order valence-corrected chi connectivity index (χ0v) is 19.6. The third-order valence-corrected chi connectivity index (χ3v) is 5.27. The Balaban J connectivity index is 1.62. The molecule has 5 nitrogen and oxygen atoms in total. The molecule has 0 atom stereocenters. The number of aryl methyl sites for hydroxylation is 2. The first-order valence-electron chi connectivity index (χ1n) is 9.18. The molecule has 0 bridgehead atoms. The lowest BCUT2D eigenvalue weighted by Crippen LogP contribution is -2.21. The topological polar surface area (TPSA) is 67.4 Å². The molecule has 30 heavy (non-hydrogen) atoms. The minimum Gasteiger partial charge on any atom is -0.482 e. The second-order valence-electron chi connectivity index (χ2n) is 6.77. The fourth-order valence-corrected chi connectivity index (χ4v) is 4.42. The maximum atomic E-state index is 12.5. The summed E-state index contributed by atoms with van der Waals surface area (Å²) in [5.74, 6) is 0.0439. The molecule has 0 aromatic heterocycles. The van der Waals surface area contributed by atoms with Crippen molar-refractivity contribution >= 4 is 55.0 Å². The van der Waals surface area contributed by atoms with Crippen molar-refractivity contribution in [3.05, 3.63) is 86.3 Å². The number of anilines is 2. The number of benzene rings is 3. The van der Waals surface area contributed by atoms with E-state index in [0.717, 1.165) is 25.8 Å². The molecule has 154 valence electrons. The molecule has 3 rings (SSSR count). The van der Waals surface area contributed by atoms with Gasteiger partial charge in [0.05, 0.1) is 4.47 Å². The molecule has 2 amide bonds. The van der Waals surface area contributed by atoms with Crippen molar-refractivity contribution in [2.24, 2.45) is 0 Å². The van der Waals surface area contributed by atoms with E-state index in [1.807, 2.05) is 50.2 Å². The van der Waals surface area contributed by atoms with Gasteiger partial charge in [0.25, 0.3) is 11.8 Å². The summed E-state index contributed by atoms with van der Waals surface area (Å²) in [4.78, 5) is 24.8. The first-order chi connectivity index (χ1) is 14.3. The van der Waals surface area contributed by atoms with Crippen LogP contribution in [0, 0.1) is 13.8 Å². The minimum atomic E-state index is -0.319. The predicted molar refractivity (Wildman–Crippen MR) is 126 cm³/mol. The molecule has 0 radical (unpaired) electrons.